The zero-order valence-electron chi connectivity index (χ0n) is 10.2. The van der Waals surface area contributed by atoms with Gasteiger partial charge in [-0.15, -0.1) is 0 Å². The van der Waals surface area contributed by atoms with Crippen molar-refractivity contribution in [2.24, 2.45) is 0 Å². The number of amides is 1. The molecule has 0 saturated carbocycles. The molecular formula is C8H10F5NO5S2. The van der Waals surface area contributed by atoms with E-state index in [0.29, 0.717) is 17.7 Å². The van der Waals surface area contributed by atoms with E-state index in [1.54, 1.807) is 0 Å². The lowest BCUT2D eigenvalue weighted by Crippen LogP contribution is -2.49. The maximum Gasteiger partial charge on any atom is 0.498 e. The first kappa shape index (κ1) is 18.1. The Morgan fingerprint density at radius 1 is 0.905 bits per heavy atom. The second kappa shape index (κ2) is 5.34. The average Bonchev–Trinajstić information content (AvgIpc) is 2.77. The molecule has 1 aliphatic rings. The van der Waals surface area contributed by atoms with E-state index < -0.39 is 41.4 Å². The quantitative estimate of drug-likeness (QED) is 0.683. The van der Waals surface area contributed by atoms with Gasteiger partial charge in [-0.25, -0.2) is 16.8 Å². The number of sulfone groups is 2. The molecule has 1 heterocycles. The fourth-order valence-electron chi connectivity index (χ4n) is 1.58. The maximum absolute atomic E-state index is 13.6. The molecule has 0 aromatic heterocycles. The Bertz CT molecular complexity index is 618. The van der Waals surface area contributed by atoms with Crippen molar-refractivity contribution >= 4 is 25.6 Å². The second-order valence-electron chi connectivity index (χ2n) is 4.31. The molecule has 13 heteroatoms. The van der Waals surface area contributed by atoms with Crippen LogP contribution in [0.2, 0.25) is 0 Å². The molecule has 0 spiro atoms. The van der Waals surface area contributed by atoms with Crippen LogP contribution in [0.4, 0.5) is 22.0 Å². The van der Waals surface area contributed by atoms with Crippen molar-refractivity contribution in [3.63, 3.8) is 0 Å². The molecule has 0 aliphatic carbocycles. The van der Waals surface area contributed by atoms with Crippen LogP contribution in [0.25, 0.3) is 0 Å². The minimum atomic E-state index is -6.33. The fraction of sp³-hybridized carbons (Fsp3) is 0.875. The third-order valence-corrected chi connectivity index (χ3v) is 6.84. The van der Waals surface area contributed by atoms with Gasteiger partial charge in [-0.3, -0.25) is 4.79 Å². The van der Waals surface area contributed by atoms with Crippen molar-refractivity contribution in [2.45, 2.75) is 23.6 Å². The van der Waals surface area contributed by atoms with E-state index in [4.69, 9.17) is 0 Å². The van der Waals surface area contributed by atoms with Gasteiger partial charge in [0, 0.05) is 13.1 Å². The highest BCUT2D eigenvalue weighted by Crippen LogP contribution is 2.32. The van der Waals surface area contributed by atoms with Crippen LogP contribution in [0.15, 0.2) is 0 Å². The van der Waals surface area contributed by atoms with Gasteiger partial charge in [0.05, 0.1) is 0 Å². The molecule has 1 saturated heterocycles. The lowest BCUT2D eigenvalue weighted by molar-refractivity contribution is -0.145. The van der Waals surface area contributed by atoms with Crippen molar-refractivity contribution in [2.75, 3.05) is 18.2 Å². The van der Waals surface area contributed by atoms with Crippen LogP contribution in [0.3, 0.4) is 0 Å². The summed E-state index contributed by atoms with van der Waals surface area (Å²) in [6.45, 7) is -0.341. The van der Waals surface area contributed by atoms with Gasteiger partial charge in [-0.1, -0.05) is 0 Å². The van der Waals surface area contributed by atoms with Gasteiger partial charge in [-0.2, -0.15) is 22.0 Å². The van der Waals surface area contributed by atoms with Gasteiger partial charge in [-0.05, 0) is 12.8 Å². The SMILES string of the molecule is O=C(N1CCCC1)C(F)(F)S(=O)(=O)CS(=O)(=O)C(F)(F)F. The topological polar surface area (TPSA) is 88.6 Å². The highest BCUT2D eigenvalue weighted by atomic mass is 32.3. The number of hydrogen-bond acceptors (Lipinski definition) is 5. The van der Waals surface area contributed by atoms with Crippen molar-refractivity contribution in [1.29, 1.82) is 0 Å². The molecular weight excluding hydrogens is 349 g/mol. The van der Waals surface area contributed by atoms with E-state index >= 15 is 0 Å². The number of rotatable bonds is 4. The number of hydrogen-bond donors (Lipinski definition) is 0. The molecule has 1 amide bonds. The van der Waals surface area contributed by atoms with E-state index in [9.17, 15) is 43.6 Å². The van der Waals surface area contributed by atoms with Crippen molar-refractivity contribution in [3.05, 3.63) is 0 Å². The van der Waals surface area contributed by atoms with Gasteiger partial charge >= 0.3 is 16.7 Å². The Morgan fingerprint density at radius 2 is 1.33 bits per heavy atom. The maximum atomic E-state index is 13.6. The lowest BCUT2D eigenvalue weighted by atomic mass is 10.4. The predicted octanol–water partition coefficient (Wildman–Crippen LogP) is 0.509. The van der Waals surface area contributed by atoms with Crippen molar-refractivity contribution in [3.8, 4) is 0 Å². The Morgan fingerprint density at radius 3 is 1.71 bits per heavy atom. The molecule has 0 N–H and O–H groups in total. The van der Waals surface area contributed by atoms with Crippen LogP contribution >= 0.6 is 0 Å². The molecule has 1 fully saturated rings. The highest BCUT2D eigenvalue weighted by molar-refractivity contribution is 8.09. The number of carbonyl (C=O) groups is 1. The fourth-order valence-corrected chi connectivity index (χ4v) is 4.74. The van der Waals surface area contributed by atoms with Crippen LogP contribution in [0.5, 0.6) is 0 Å². The van der Waals surface area contributed by atoms with E-state index in [0.717, 1.165) is 0 Å². The molecule has 6 nitrogen and oxygen atoms in total. The molecule has 0 aromatic rings. The van der Waals surface area contributed by atoms with Crippen LogP contribution in [0.1, 0.15) is 12.8 Å². The van der Waals surface area contributed by atoms with Gasteiger partial charge < -0.3 is 4.90 Å². The summed E-state index contributed by atoms with van der Waals surface area (Å²) in [5.74, 6) is -2.21. The van der Waals surface area contributed by atoms with Crippen LogP contribution in [-0.4, -0.2) is 56.6 Å². The lowest BCUT2D eigenvalue weighted by Gasteiger charge is -2.22. The summed E-state index contributed by atoms with van der Waals surface area (Å²) in [5.41, 5.74) is -6.01. The highest BCUT2D eigenvalue weighted by Gasteiger charge is 2.59. The number of carbonyl (C=O) groups excluding carboxylic acids is 1. The third-order valence-electron chi connectivity index (χ3n) is 2.70. The minimum Gasteiger partial charge on any atom is -0.337 e. The van der Waals surface area contributed by atoms with E-state index in [1.807, 2.05) is 0 Å². The molecule has 0 bridgehead atoms. The van der Waals surface area contributed by atoms with Gasteiger partial charge in [0.15, 0.2) is 5.08 Å². The molecule has 1 rings (SSSR count). The first-order valence-electron chi connectivity index (χ1n) is 5.41. The molecule has 0 atom stereocenters. The van der Waals surface area contributed by atoms with Gasteiger partial charge in [0.25, 0.3) is 9.84 Å². The summed E-state index contributed by atoms with van der Waals surface area (Å²) in [5, 5.41) is -8.11. The summed E-state index contributed by atoms with van der Waals surface area (Å²) < 4.78 is 107. The summed E-state index contributed by atoms with van der Waals surface area (Å²) >= 11 is 0. The smallest absolute Gasteiger partial charge is 0.337 e. The summed E-state index contributed by atoms with van der Waals surface area (Å²) in [6.07, 6.45) is 0.672. The Hall–Kier alpha value is -0.980. The van der Waals surface area contributed by atoms with E-state index in [2.05, 4.69) is 0 Å². The third kappa shape index (κ3) is 3.44. The predicted molar refractivity (Wildman–Crippen MR) is 59.5 cm³/mol. The van der Waals surface area contributed by atoms with Crippen LogP contribution in [0, 0.1) is 0 Å². The largest absolute Gasteiger partial charge is 0.498 e. The normalized spacial score (nSPS) is 18.0. The summed E-state index contributed by atoms with van der Waals surface area (Å²) in [6, 6.07) is 0. The minimum absolute atomic E-state index is 0.171. The standard InChI is InChI=1S/C8H10F5NO5S2/c9-7(10,6(15)14-3-1-2-4-14)20(16,17)5-21(18,19)8(11,12)13/h1-5H2. The Labute approximate surface area is 116 Å². The first-order valence-corrected chi connectivity index (χ1v) is 8.71. The van der Waals surface area contributed by atoms with E-state index in [-0.39, 0.29) is 13.1 Å². The number of likely N-dealkylation sites (tertiary alicyclic amines) is 1. The van der Waals surface area contributed by atoms with Crippen LogP contribution < -0.4 is 0 Å². The van der Waals surface area contributed by atoms with Gasteiger partial charge in [0.2, 0.25) is 9.84 Å². The summed E-state index contributed by atoms with van der Waals surface area (Å²) in [7, 11) is -12.5. The van der Waals surface area contributed by atoms with Crippen molar-refractivity contribution in [1.82, 2.24) is 4.90 Å². The molecule has 124 valence electrons. The second-order valence-corrected chi connectivity index (χ2v) is 8.69. The summed E-state index contributed by atoms with van der Waals surface area (Å²) in [4.78, 5) is 11.8. The monoisotopic (exact) mass is 359 g/mol. The average molecular weight is 359 g/mol. The molecule has 0 radical (unpaired) electrons. The zero-order valence-corrected chi connectivity index (χ0v) is 11.9. The Kier molecular flexibility index (Phi) is 4.59. The number of nitrogens with zero attached hydrogens (tertiary/aromatic N) is 1. The molecule has 21 heavy (non-hydrogen) atoms. The van der Waals surface area contributed by atoms with Crippen molar-refractivity contribution < 1.29 is 43.6 Å². The zero-order chi connectivity index (χ0) is 16.7. The molecule has 0 unspecified atom stereocenters. The number of alkyl halides is 5. The van der Waals surface area contributed by atoms with E-state index in [1.165, 1.54) is 0 Å². The van der Waals surface area contributed by atoms with Gasteiger partial charge in [0.1, 0.15) is 0 Å². The molecule has 1 aliphatic heterocycles. The number of halogens is 5. The van der Waals surface area contributed by atoms with Crippen LogP contribution in [-0.2, 0) is 24.5 Å². The molecule has 0 aromatic carbocycles. The Balaban J connectivity index is 3.08. The first-order chi connectivity index (χ1) is 9.22.